The quantitative estimate of drug-likeness (QED) is 0.0559. The van der Waals surface area contributed by atoms with Gasteiger partial charge in [-0.2, -0.15) is 0 Å². The molecule has 0 aromatic heterocycles. The molecule has 2 aromatic rings. The molecule has 2 aromatic carbocycles. The van der Waals surface area contributed by atoms with Gasteiger partial charge >= 0.3 is 0 Å². The molecular formula is C35H52ClN9O4. The number of carbonyl (C=O) groups is 4. The summed E-state index contributed by atoms with van der Waals surface area (Å²) in [5.74, 6) is -3.17. The van der Waals surface area contributed by atoms with Crippen molar-refractivity contribution in [2.75, 3.05) is 27.2 Å². The number of amidine groups is 1. The van der Waals surface area contributed by atoms with Gasteiger partial charge in [0.05, 0.1) is 0 Å². The number of nitrogens with one attached hydrogen (secondary N) is 4. The van der Waals surface area contributed by atoms with Gasteiger partial charge in [-0.1, -0.05) is 73.9 Å². The molecule has 0 saturated heterocycles. The molecule has 1 unspecified atom stereocenters. The van der Waals surface area contributed by atoms with Gasteiger partial charge in [0.15, 0.2) is 5.96 Å². The van der Waals surface area contributed by atoms with Crippen LogP contribution in [0.5, 0.6) is 0 Å². The summed E-state index contributed by atoms with van der Waals surface area (Å²) in [4.78, 5) is 59.9. The standard InChI is InChI=1S/C35H51N9O4.ClH/c1-44(2)34(48)27(22-24-15-17-26(18-16-24)30(36)37)31(45)43-29(25-12-7-4-8-13-25)33(47)42-28(14-9-20-41-35(38)39)32(46)40-21-19-23-10-5-3-6-11-23;/h3,5-6,10-11,15-18,25,27-29H,4,7-9,12-14,19-22H2,1-2H3,(H3,36,37)(H,40,46)(H,42,47)(H,43,45)(H4,38,39,41);1H/t27?,28-,29-;/m0./s1. The van der Waals surface area contributed by atoms with Crippen molar-refractivity contribution in [1.29, 1.82) is 5.41 Å². The average Bonchev–Trinajstić information content (AvgIpc) is 3.07. The van der Waals surface area contributed by atoms with E-state index in [1.165, 1.54) is 4.90 Å². The summed E-state index contributed by atoms with van der Waals surface area (Å²) in [5.41, 5.74) is 18.8. The topological polar surface area (TPSA) is 222 Å². The molecule has 49 heavy (non-hydrogen) atoms. The number of rotatable bonds is 17. The Morgan fingerprint density at radius 2 is 1.53 bits per heavy atom. The number of guanidine groups is 1. The lowest BCUT2D eigenvalue weighted by atomic mass is 9.83. The Hall–Kier alpha value is -4.65. The van der Waals surface area contributed by atoms with E-state index in [1.807, 2.05) is 30.3 Å². The first-order valence-electron chi connectivity index (χ1n) is 16.6. The lowest BCUT2D eigenvalue weighted by Gasteiger charge is -2.32. The van der Waals surface area contributed by atoms with E-state index in [0.29, 0.717) is 30.5 Å². The maximum absolute atomic E-state index is 14.0. The number of amides is 4. The molecule has 0 aliphatic heterocycles. The van der Waals surface area contributed by atoms with E-state index in [-0.39, 0.29) is 55.4 Å². The van der Waals surface area contributed by atoms with Crippen molar-refractivity contribution in [3.8, 4) is 0 Å². The van der Waals surface area contributed by atoms with E-state index in [9.17, 15) is 19.2 Å². The maximum atomic E-state index is 14.0. The third kappa shape index (κ3) is 13.4. The van der Waals surface area contributed by atoms with Gasteiger partial charge in [0, 0.05) is 32.7 Å². The Kier molecular flexibility index (Phi) is 17.1. The molecule has 268 valence electrons. The summed E-state index contributed by atoms with van der Waals surface area (Å²) in [6.07, 6.45) is 5.76. The number of nitrogens with zero attached hydrogens (tertiary/aromatic N) is 2. The van der Waals surface area contributed by atoms with Crippen LogP contribution in [-0.4, -0.2) is 79.6 Å². The third-order valence-corrected chi connectivity index (χ3v) is 8.60. The van der Waals surface area contributed by atoms with Crippen LogP contribution in [-0.2, 0) is 32.0 Å². The van der Waals surface area contributed by atoms with Crippen LogP contribution in [0, 0.1) is 17.2 Å². The maximum Gasteiger partial charge on any atom is 0.243 e. The van der Waals surface area contributed by atoms with Gasteiger partial charge in [-0.25, -0.2) is 0 Å². The van der Waals surface area contributed by atoms with E-state index in [0.717, 1.165) is 37.7 Å². The second kappa shape index (κ2) is 20.7. The van der Waals surface area contributed by atoms with Crippen LogP contribution in [0.25, 0.3) is 0 Å². The Labute approximate surface area is 295 Å². The SMILES string of the molecule is CN(C)C(=O)C(Cc1ccc(C(=N)N)cc1)C(=O)N[C@H](C(=O)N[C@@H](CCCN=C(N)N)C(=O)NCCc1ccccc1)C1CCCCC1.Cl. The van der Waals surface area contributed by atoms with Crippen molar-refractivity contribution in [2.24, 2.45) is 34.0 Å². The molecule has 10 N–H and O–H groups in total. The molecule has 1 aliphatic carbocycles. The predicted octanol–water partition coefficient (Wildman–Crippen LogP) is 1.60. The smallest absolute Gasteiger partial charge is 0.243 e. The molecule has 1 aliphatic rings. The van der Waals surface area contributed by atoms with Gasteiger partial charge in [0.2, 0.25) is 23.6 Å². The minimum Gasteiger partial charge on any atom is -0.384 e. The van der Waals surface area contributed by atoms with Crippen LogP contribution < -0.4 is 33.2 Å². The van der Waals surface area contributed by atoms with Crippen LogP contribution in [0.4, 0.5) is 0 Å². The highest BCUT2D eigenvalue weighted by atomic mass is 35.5. The largest absolute Gasteiger partial charge is 0.384 e. The van der Waals surface area contributed by atoms with Crippen LogP contribution in [0.2, 0.25) is 0 Å². The molecule has 3 atom stereocenters. The first-order valence-corrected chi connectivity index (χ1v) is 16.6. The Morgan fingerprint density at radius 1 is 0.878 bits per heavy atom. The number of benzene rings is 2. The van der Waals surface area contributed by atoms with E-state index in [2.05, 4.69) is 20.9 Å². The van der Waals surface area contributed by atoms with Crippen molar-refractivity contribution in [3.63, 3.8) is 0 Å². The number of hydrogen-bond acceptors (Lipinski definition) is 6. The summed E-state index contributed by atoms with van der Waals surface area (Å²) in [7, 11) is 3.16. The van der Waals surface area contributed by atoms with Gasteiger partial charge in [-0.05, 0) is 55.6 Å². The van der Waals surface area contributed by atoms with E-state index in [1.54, 1.807) is 38.4 Å². The first kappa shape index (κ1) is 40.5. The summed E-state index contributed by atoms with van der Waals surface area (Å²) >= 11 is 0. The zero-order valence-corrected chi connectivity index (χ0v) is 29.3. The zero-order valence-electron chi connectivity index (χ0n) is 28.5. The van der Waals surface area contributed by atoms with Crippen molar-refractivity contribution in [2.45, 2.75) is 69.9 Å². The van der Waals surface area contributed by atoms with Crippen LogP contribution >= 0.6 is 12.4 Å². The fraction of sp³-hybridized carbons (Fsp3) is 0.486. The van der Waals surface area contributed by atoms with Crippen LogP contribution in [0.1, 0.15) is 61.6 Å². The normalized spacial score (nSPS) is 14.6. The minimum absolute atomic E-state index is 0. The molecular weight excluding hydrogens is 646 g/mol. The molecule has 0 bridgehead atoms. The summed E-state index contributed by atoms with van der Waals surface area (Å²) in [6.45, 7) is 0.671. The summed E-state index contributed by atoms with van der Waals surface area (Å²) in [6, 6.07) is 14.7. The molecule has 1 saturated carbocycles. The monoisotopic (exact) mass is 697 g/mol. The van der Waals surface area contributed by atoms with Gasteiger partial charge in [0.1, 0.15) is 23.8 Å². The highest BCUT2D eigenvalue weighted by molar-refractivity contribution is 6.02. The van der Waals surface area contributed by atoms with Gasteiger partial charge in [0.25, 0.3) is 0 Å². The van der Waals surface area contributed by atoms with Crippen molar-refractivity contribution < 1.29 is 19.2 Å². The highest BCUT2D eigenvalue weighted by Gasteiger charge is 2.37. The van der Waals surface area contributed by atoms with Crippen molar-refractivity contribution in [3.05, 3.63) is 71.3 Å². The van der Waals surface area contributed by atoms with E-state index in [4.69, 9.17) is 22.6 Å². The number of hydrogen-bond donors (Lipinski definition) is 7. The number of nitrogen functional groups attached to an aromatic ring is 1. The van der Waals surface area contributed by atoms with E-state index < -0.39 is 35.7 Å². The van der Waals surface area contributed by atoms with Gasteiger partial charge < -0.3 is 38.1 Å². The lowest BCUT2D eigenvalue weighted by Crippen LogP contribution is -2.58. The van der Waals surface area contributed by atoms with Crippen LogP contribution in [0.3, 0.4) is 0 Å². The first-order chi connectivity index (χ1) is 23.0. The fourth-order valence-electron chi connectivity index (χ4n) is 5.91. The Bertz CT molecular complexity index is 1410. The number of aliphatic imine (C=N–C) groups is 1. The van der Waals surface area contributed by atoms with Crippen LogP contribution in [0.15, 0.2) is 59.6 Å². The molecule has 3 rings (SSSR count). The molecule has 4 amide bonds. The van der Waals surface area contributed by atoms with Crippen molar-refractivity contribution >= 4 is 47.8 Å². The lowest BCUT2D eigenvalue weighted by molar-refractivity contribution is -0.142. The molecule has 0 spiro atoms. The number of carbonyl (C=O) groups excluding carboxylic acids is 4. The molecule has 13 nitrogen and oxygen atoms in total. The second-order valence-electron chi connectivity index (χ2n) is 12.5. The van der Waals surface area contributed by atoms with Crippen molar-refractivity contribution in [1.82, 2.24) is 20.9 Å². The van der Waals surface area contributed by atoms with Gasteiger partial charge in [-0.15, -0.1) is 12.4 Å². The Morgan fingerprint density at radius 3 is 2.12 bits per heavy atom. The average molecular weight is 698 g/mol. The minimum atomic E-state index is -1.10. The second-order valence-corrected chi connectivity index (χ2v) is 12.5. The summed E-state index contributed by atoms with van der Waals surface area (Å²) in [5, 5.41) is 16.4. The van der Waals surface area contributed by atoms with E-state index >= 15 is 0 Å². The molecule has 0 heterocycles. The van der Waals surface area contributed by atoms with Gasteiger partial charge in [-0.3, -0.25) is 29.6 Å². The zero-order chi connectivity index (χ0) is 35.1. The summed E-state index contributed by atoms with van der Waals surface area (Å²) < 4.78 is 0. The predicted molar refractivity (Wildman–Crippen MR) is 194 cm³/mol. The molecule has 14 heteroatoms. The highest BCUT2D eigenvalue weighted by Crippen LogP contribution is 2.27. The Balaban J connectivity index is 0.00000833. The molecule has 1 fully saturated rings. The fourth-order valence-corrected chi connectivity index (χ4v) is 5.91. The molecule has 0 radical (unpaired) electrons. The number of nitrogens with two attached hydrogens (primary N) is 3. The third-order valence-electron chi connectivity index (χ3n) is 8.60. The number of halogens is 1.